The number of nitrogens with zero attached hydrogens (tertiary/aromatic N) is 3. The van der Waals surface area contributed by atoms with Gasteiger partial charge >= 0.3 is 0 Å². The Morgan fingerprint density at radius 3 is 2.47 bits per heavy atom. The van der Waals surface area contributed by atoms with Gasteiger partial charge in [0.1, 0.15) is 10.7 Å². The Balaban J connectivity index is 1.60. The van der Waals surface area contributed by atoms with Gasteiger partial charge < -0.3 is 19.5 Å². The van der Waals surface area contributed by atoms with Gasteiger partial charge in [-0.15, -0.1) is 0 Å². The number of benzene rings is 1. The number of guanidine groups is 1. The highest BCUT2D eigenvalue weighted by Crippen LogP contribution is 2.15. The van der Waals surface area contributed by atoms with Gasteiger partial charge in [0.15, 0.2) is 21.6 Å². The molecular formula is C20H25FN4O4S. The number of furan rings is 1. The van der Waals surface area contributed by atoms with Gasteiger partial charge in [-0.05, 0) is 31.2 Å². The maximum absolute atomic E-state index is 13.8. The van der Waals surface area contributed by atoms with E-state index in [1.165, 1.54) is 24.5 Å². The number of rotatable bonds is 6. The highest BCUT2D eigenvalue weighted by molar-refractivity contribution is 7.91. The predicted molar refractivity (Wildman–Crippen MR) is 111 cm³/mol. The lowest BCUT2D eigenvalue weighted by molar-refractivity contribution is 0.0657. The zero-order valence-electron chi connectivity index (χ0n) is 16.8. The molecule has 1 saturated heterocycles. The van der Waals surface area contributed by atoms with Crippen molar-refractivity contribution in [2.75, 3.05) is 45.0 Å². The topological polar surface area (TPSA) is 95.2 Å². The van der Waals surface area contributed by atoms with E-state index in [4.69, 9.17) is 4.42 Å². The Kier molecular flexibility index (Phi) is 7.09. The van der Waals surface area contributed by atoms with E-state index in [9.17, 15) is 17.6 Å². The largest absolute Gasteiger partial charge is 0.459 e. The predicted octanol–water partition coefficient (Wildman–Crippen LogP) is 1.62. The van der Waals surface area contributed by atoms with Gasteiger partial charge in [-0.25, -0.2) is 12.8 Å². The molecule has 0 bridgehead atoms. The molecule has 0 aliphatic carbocycles. The van der Waals surface area contributed by atoms with Crippen LogP contribution < -0.4 is 5.32 Å². The number of halogens is 1. The molecule has 1 aromatic carbocycles. The highest BCUT2D eigenvalue weighted by atomic mass is 32.2. The molecule has 0 saturated carbocycles. The van der Waals surface area contributed by atoms with E-state index in [1.807, 2.05) is 11.8 Å². The standard InChI is InChI=1S/C20H25FN4O4S/c1-2-22-20(23-9-15-30(27,28)18-8-4-3-6-16(18)21)25-12-10-24(11-13-25)19(26)17-7-5-14-29-17/h3-8,14H,2,9-13,15H2,1H3,(H,22,23). The first kappa shape index (κ1) is 21.8. The van der Waals surface area contributed by atoms with Crippen molar-refractivity contribution in [2.45, 2.75) is 11.8 Å². The van der Waals surface area contributed by atoms with Gasteiger partial charge in [-0.3, -0.25) is 9.79 Å². The number of carbonyl (C=O) groups excluding carboxylic acids is 1. The smallest absolute Gasteiger partial charge is 0.289 e. The molecule has 30 heavy (non-hydrogen) atoms. The van der Waals surface area contributed by atoms with Gasteiger partial charge in [0.05, 0.1) is 18.6 Å². The quantitative estimate of drug-likeness (QED) is 0.546. The second kappa shape index (κ2) is 9.75. The highest BCUT2D eigenvalue weighted by Gasteiger charge is 2.25. The monoisotopic (exact) mass is 436 g/mol. The van der Waals surface area contributed by atoms with Crippen LogP contribution in [0.25, 0.3) is 0 Å². The lowest BCUT2D eigenvalue weighted by atomic mass is 10.3. The average molecular weight is 437 g/mol. The molecule has 2 heterocycles. The summed E-state index contributed by atoms with van der Waals surface area (Å²) in [6.07, 6.45) is 1.47. The number of sulfone groups is 1. The fraction of sp³-hybridized carbons (Fsp3) is 0.400. The van der Waals surface area contributed by atoms with E-state index >= 15 is 0 Å². The van der Waals surface area contributed by atoms with Gasteiger partial charge in [-0.2, -0.15) is 0 Å². The first-order valence-corrected chi connectivity index (χ1v) is 11.4. The van der Waals surface area contributed by atoms with Crippen LogP contribution in [0, 0.1) is 5.82 Å². The van der Waals surface area contributed by atoms with Crippen LogP contribution in [0.2, 0.25) is 0 Å². The summed E-state index contributed by atoms with van der Waals surface area (Å²) in [6.45, 7) is 4.64. The third kappa shape index (κ3) is 5.18. The second-order valence-electron chi connectivity index (χ2n) is 6.74. The fourth-order valence-electron chi connectivity index (χ4n) is 3.18. The van der Waals surface area contributed by atoms with Crippen LogP contribution in [0.15, 0.2) is 57.0 Å². The SMILES string of the molecule is CCNC(=NCCS(=O)(=O)c1ccccc1F)N1CCN(C(=O)c2ccco2)CC1. The summed E-state index contributed by atoms with van der Waals surface area (Å²) in [5.41, 5.74) is 0. The molecule has 1 aliphatic heterocycles. The molecule has 0 unspecified atom stereocenters. The summed E-state index contributed by atoms with van der Waals surface area (Å²) in [6, 6.07) is 8.64. The summed E-state index contributed by atoms with van der Waals surface area (Å²) < 4.78 is 43.8. The van der Waals surface area contributed by atoms with Crippen LogP contribution >= 0.6 is 0 Å². The molecule has 162 valence electrons. The first-order chi connectivity index (χ1) is 14.4. The van der Waals surface area contributed by atoms with Gasteiger partial charge in [0.2, 0.25) is 0 Å². The van der Waals surface area contributed by atoms with E-state index in [0.717, 1.165) is 6.07 Å². The van der Waals surface area contributed by atoms with Crippen molar-refractivity contribution in [3.63, 3.8) is 0 Å². The minimum atomic E-state index is -3.77. The number of aliphatic imine (C=N–C) groups is 1. The van der Waals surface area contributed by atoms with Gasteiger partial charge in [0.25, 0.3) is 5.91 Å². The normalized spacial score (nSPS) is 15.3. The van der Waals surface area contributed by atoms with Crippen molar-refractivity contribution >= 4 is 21.7 Å². The van der Waals surface area contributed by atoms with Crippen molar-refractivity contribution in [2.24, 2.45) is 4.99 Å². The van der Waals surface area contributed by atoms with E-state index in [0.29, 0.717) is 44.4 Å². The third-order valence-corrected chi connectivity index (χ3v) is 6.45. The summed E-state index contributed by atoms with van der Waals surface area (Å²) in [4.78, 5) is 20.2. The number of hydrogen-bond acceptors (Lipinski definition) is 5. The number of amides is 1. The Bertz CT molecular complexity index is 984. The summed E-state index contributed by atoms with van der Waals surface area (Å²) >= 11 is 0. The second-order valence-corrected chi connectivity index (χ2v) is 8.82. The minimum Gasteiger partial charge on any atom is -0.459 e. The van der Waals surface area contributed by atoms with Crippen molar-refractivity contribution in [1.82, 2.24) is 15.1 Å². The molecular weight excluding hydrogens is 411 g/mol. The number of carbonyl (C=O) groups is 1. The van der Waals surface area contributed by atoms with E-state index in [-0.39, 0.29) is 23.1 Å². The maximum Gasteiger partial charge on any atom is 0.289 e. The molecule has 0 atom stereocenters. The lowest BCUT2D eigenvalue weighted by Crippen LogP contribution is -2.53. The van der Waals surface area contributed by atoms with Gasteiger partial charge in [-0.1, -0.05) is 12.1 Å². The summed E-state index contributed by atoms with van der Waals surface area (Å²) in [5.74, 6) is -0.322. The Morgan fingerprint density at radius 1 is 1.13 bits per heavy atom. The fourth-order valence-corrected chi connectivity index (χ4v) is 4.38. The van der Waals surface area contributed by atoms with Crippen molar-refractivity contribution < 1.29 is 22.0 Å². The molecule has 10 heteroatoms. The van der Waals surface area contributed by atoms with Crippen LogP contribution in [0.4, 0.5) is 4.39 Å². The van der Waals surface area contributed by atoms with Crippen LogP contribution in [0.3, 0.4) is 0 Å². The Morgan fingerprint density at radius 2 is 1.83 bits per heavy atom. The van der Waals surface area contributed by atoms with Crippen LogP contribution in [-0.4, -0.2) is 75.1 Å². The molecule has 0 spiro atoms. The van der Waals surface area contributed by atoms with Crippen molar-refractivity contribution in [3.05, 3.63) is 54.2 Å². The minimum absolute atomic E-state index is 0.00451. The van der Waals surface area contributed by atoms with E-state index < -0.39 is 15.7 Å². The van der Waals surface area contributed by atoms with Crippen LogP contribution in [0.5, 0.6) is 0 Å². The van der Waals surface area contributed by atoms with Crippen LogP contribution in [-0.2, 0) is 9.84 Å². The molecule has 8 nitrogen and oxygen atoms in total. The molecule has 1 aliphatic rings. The zero-order valence-corrected chi connectivity index (χ0v) is 17.6. The number of hydrogen-bond donors (Lipinski definition) is 1. The Labute approximate surface area is 175 Å². The summed E-state index contributed by atoms with van der Waals surface area (Å²) in [7, 11) is -3.77. The summed E-state index contributed by atoms with van der Waals surface area (Å²) in [5, 5.41) is 3.15. The number of nitrogens with one attached hydrogen (secondary N) is 1. The van der Waals surface area contributed by atoms with Gasteiger partial charge in [0, 0.05) is 32.7 Å². The first-order valence-electron chi connectivity index (χ1n) is 9.75. The Hall–Kier alpha value is -2.88. The molecule has 3 rings (SSSR count). The van der Waals surface area contributed by atoms with Crippen molar-refractivity contribution in [1.29, 1.82) is 0 Å². The molecule has 0 radical (unpaired) electrons. The zero-order chi connectivity index (χ0) is 21.6. The molecule has 1 amide bonds. The van der Waals surface area contributed by atoms with E-state index in [2.05, 4.69) is 10.3 Å². The average Bonchev–Trinajstić information content (AvgIpc) is 3.28. The number of piperazine rings is 1. The molecule has 1 aromatic heterocycles. The maximum atomic E-state index is 13.8. The van der Waals surface area contributed by atoms with Crippen molar-refractivity contribution in [3.8, 4) is 0 Å². The lowest BCUT2D eigenvalue weighted by Gasteiger charge is -2.36. The molecule has 2 aromatic rings. The van der Waals surface area contributed by atoms with Crippen LogP contribution in [0.1, 0.15) is 17.5 Å². The third-order valence-electron chi connectivity index (χ3n) is 4.73. The van der Waals surface area contributed by atoms with E-state index in [1.54, 1.807) is 17.0 Å². The molecule has 1 N–H and O–H groups in total. The molecule has 1 fully saturated rings.